The summed E-state index contributed by atoms with van der Waals surface area (Å²) in [4.78, 5) is 0. The van der Waals surface area contributed by atoms with E-state index in [2.05, 4.69) is 65.5 Å². The largest absolute Gasteiger partial charge is 0.437 e. The second kappa shape index (κ2) is 11.1. The zero-order chi connectivity index (χ0) is 14.8. The predicted molar refractivity (Wildman–Crippen MR) is 116 cm³/mol. The third-order valence-electron chi connectivity index (χ3n) is 1.88. The maximum atomic E-state index is 6.31. The van der Waals surface area contributed by atoms with Gasteiger partial charge in [-0.2, -0.15) is 0 Å². The van der Waals surface area contributed by atoms with Gasteiger partial charge in [-0.25, -0.2) is 0 Å². The van der Waals surface area contributed by atoms with E-state index in [9.17, 15) is 0 Å². The van der Waals surface area contributed by atoms with Crippen LogP contribution in [0, 0.1) is 0 Å². The molecule has 0 aliphatic rings. The number of hydrogen-bond acceptors (Lipinski definition) is 3. The molecule has 0 aliphatic heterocycles. The molecule has 22 heavy (non-hydrogen) atoms. The number of hydrogen-bond donors (Lipinski definition) is 0. The molecule has 0 N–H and O–H groups in total. The first-order valence-corrected chi connectivity index (χ1v) is 18.4. The van der Waals surface area contributed by atoms with E-state index in [1.54, 1.807) is 0 Å². The molecular weight excluding hydrogens is 341 g/mol. The molecule has 0 saturated carbocycles. The molecule has 0 fully saturated rings. The van der Waals surface area contributed by atoms with E-state index in [0.717, 1.165) is 0 Å². The first-order chi connectivity index (χ1) is 7.68. The van der Waals surface area contributed by atoms with Crippen molar-refractivity contribution in [3.8, 4) is 0 Å². The van der Waals surface area contributed by atoms with Gasteiger partial charge in [0.2, 0.25) is 0 Å². The summed E-state index contributed by atoms with van der Waals surface area (Å²) in [5.41, 5.74) is 1.88. The molecule has 0 heterocycles. The van der Waals surface area contributed by atoms with E-state index >= 15 is 0 Å². The van der Waals surface area contributed by atoms with E-state index in [1.807, 2.05) is 5.70 Å². The zero-order valence-electron chi connectivity index (χ0n) is 13.5. The SMILES string of the molecule is C.C.C.C.C=C[Si](C)(O[Si](C)(C)C)O[Si](C)(C)O[Si](C)(C)C. The molecule has 1 atom stereocenters. The van der Waals surface area contributed by atoms with Crippen LogP contribution in [0.2, 0.25) is 58.9 Å². The van der Waals surface area contributed by atoms with Crippen LogP contribution >= 0.6 is 0 Å². The van der Waals surface area contributed by atoms with E-state index in [4.69, 9.17) is 12.3 Å². The monoisotopic (exact) mass is 386 g/mol. The average Bonchev–Trinajstić information content (AvgIpc) is 1.93. The maximum absolute atomic E-state index is 6.31. The second-order valence-electron chi connectivity index (χ2n) is 7.15. The Morgan fingerprint density at radius 1 is 0.591 bits per heavy atom. The lowest BCUT2D eigenvalue weighted by Gasteiger charge is -2.39. The Balaban J connectivity index is -0.000000241. The predicted octanol–water partition coefficient (Wildman–Crippen LogP) is 6.75. The quantitative estimate of drug-likeness (QED) is 0.453. The highest BCUT2D eigenvalue weighted by molar-refractivity contribution is 6.91. The molecule has 0 bridgehead atoms. The lowest BCUT2D eigenvalue weighted by atomic mass is 11.3. The summed E-state index contributed by atoms with van der Waals surface area (Å²) in [5, 5.41) is 0. The van der Waals surface area contributed by atoms with Crippen molar-refractivity contribution in [2.45, 2.75) is 88.6 Å². The highest BCUT2D eigenvalue weighted by atomic mass is 28.5. The first-order valence-electron chi connectivity index (χ1n) is 6.42. The van der Waals surface area contributed by atoms with Crippen LogP contribution in [0.4, 0.5) is 0 Å². The number of rotatable bonds is 7. The van der Waals surface area contributed by atoms with Gasteiger partial charge in [0.1, 0.15) is 0 Å². The molecule has 0 amide bonds. The van der Waals surface area contributed by atoms with E-state index in [0.29, 0.717) is 0 Å². The van der Waals surface area contributed by atoms with Crippen molar-refractivity contribution in [2.75, 3.05) is 0 Å². The van der Waals surface area contributed by atoms with Crippen molar-refractivity contribution in [3.63, 3.8) is 0 Å². The molecule has 7 heteroatoms. The van der Waals surface area contributed by atoms with E-state index in [1.165, 1.54) is 0 Å². The van der Waals surface area contributed by atoms with Crippen molar-refractivity contribution in [1.82, 2.24) is 0 Å². The Bertz CT molecular complexity index is 296. The van der Waals surface area contributed by atoms with Gasteiger partial charge in [0.25, 0.3) is 0 Å². The molecule has 0 aromatic heterocycles. The standard InChI is InChI=1S/C11H30O3Si4.4CH4/c1-11-18(10,13-16(5,6)7)14-17(8,9)12-15(2,3)4;;;;/h11H,1H2,2-10H3;4*1H4. The second-order valence-corrected chi connectivity index (χ2v) is 23.3. The fourth-order valence-electron chi connectivity index (χ4n) is 1.96. The minimum Gasteiger partial charge on any atom is -0.437 e. The van der Waals surface area contributed by atoms with Crippen LogP contribution < -0.4 is 0 Å². The Morgan fingerprint density at radius 2 is 0.909 bits per heavy atom. The molecular formula is C15H46O3Si4. The molecule has 0 aromatic carbocycles. The van der Waals surface area contributed by atoms with Gasteiger partial charge in [0, 0.05) is 0 Å². The van der Waals surface area contributed by atoms with Gasteiger partial charge in [0.15, 0.2) is 16.6 Å². The normalized spacial score (nSPS) is 14.2. The summed E-state index contributed by atoms with van der Waals surface area (Å²) in [7, 11) is -7.67. The fourth-order valence-corrected chi connectivity index (χ4v) is 18.4. The summed E-state index contributed by atoms with van der Waals surface area (Å²) in [5.74, 6) is 0. The average molecular weight is 387 g/mol. The third kappa shape index (κ3) is 16.9. The van der Waals surface area contributed by atoms with Crippen LogP contribution in [0.1, 0.15) is 29.7 Å². The Hall–Kier alpha value is 0.488. The topological polar surface area (TPSA) is 27.7 Å². The highest BCUT2D eigenvalue weighted by Crippen LogP contribution is 2.24. The zero-order valence-corrected chi connectivity index (χ0v) is 17.5. The minimum absolute atomic E-state index is 0. The first kappa shape index (κ1) is 34.0. The molecule has 0 radical (unpaired) electrons. The smallest absolute Gasteiger partial charge is 0.342 e. The summed E-state index contributed by atoms with van der Waals surface area (Å²) in [6, 6.07) is 0. The van der Waals surface area contributed by atoms with Gasteiger partial charge in [-0.3, -0.25) is 0 Å². The van der Waals surface area contributed by atoms with E-state index in [-0.39, 0.29) is 29.7 Å². The minimum atomic E-state index is -2.31. The van der Waals surface area contributed by atoms with Crippen LogP contribution in [0.15, 0.2) is 12.3 Å². The van der Waals surface area contributed by atoms with Gasteiger partial charge < -0.3 is 12.3 Å². The molecule has 0 spiro atoms. The Morgan fingerprint density at radius 3 is 1.14 bits per heavy atom. The molecule has 0 aliphatic carbocycles. The maximum Gasteiger partial charge on any atom is 0.342 e. The lowest BCUT2D eigenvalue weighted by Crippen LogP contribution is -2.56. The van der Waals surface area contributed by atoms with Gasteiger partial charge in [-0.1, -0.05) is 35.4 Å². The highest BCUT2D eigenvalue weighted by Gasteiger charge is 2.42. The molecule has 140 valence electrons. The van der Waals surface area contributed by atoms with Crippen molar-refractivity contribution in [3.05, 3.63) is 12.3 Å². The van der Waals surface area contributed by atoms with Crippen LogP contribution in [0.3, 0.4) is 0 Å². The molecule has 3 nitrogen and oxygen atoms in total. The van der Waals surface area contributed by atoms with Crippen LogP contribution in [-0.2, 0) is 12.3 Å². The lowest BCUT2D eigenvalue weighted by molar-refractivity contribution is 0.336. The fraction of sp³-hybridized carbons (Fsp3) is 0.867. The summed E-state index contributed by atoms with van der Waals surface area (Å²) >= 11 is 0. The summed E-state index contributed by atoms with van der Waals surface area (Å²) in [6.07, 6.45) is 0. The van der Waals surface area contributed by atoms with Gasteiger partial charge >= 0.3 is 17.1 Å². The van der Waals surface area contributed by atoms with Crippen LogP contribution in [0.25, 0.3) is 0 Å². The van der Waals surface area contributed by atoms with Crippen molar-refractivity contribution < 1.29 is 12.3 Å². The van der Waals surface area contributed by atoms with E-state index < -0.39 is 33.8 Å². The molecule has 0 aromatic rings. The van der Waals surface area contributed by atoms with Gasteiger partial charge in [0.05, 0.1) is 0 Å². The van der Waals surface area contributed by atoms with Crippen molar-refractivity contribution >= 4 is 33.8 Å². The summed E-state index contributed by atoms with van der Waals surface area (Å²) < 4.78 is 18.8. The molecule has 0 saturated heterocycles. The summed E-state index contributed by atoms with van der Waals surface area (Å²) in [6.45, 7) is 23.3. The van der Waals surface area contributed by atoms with Gasteiger partial charge in [-0.15, -0.1) is 6.58 Å². The van der Waals surface area contributed by atoms with Gasteiger partial charge in [-0.05, 0) is 58.9 Å². The van der Waals surface area contributed by atoms with Crippen LogP contribution in [-0.4, -0.2) is 33.8 Å². The van der Waals surface area contributed by atoms with Crippen LogP contribution in [0.5, 0.6) is 0 Å². The Labute approximate surface area is 147 Å². The molecule has 1 unspecified atom stereocenters. The Kier molecular flexibility index (Phi) is 17.2. The van der Waals surface area contributed by atoms with Crippen molar-refractivity contribution in [2.24, 2.45) is 0 Å². The van der Waals surface area contributed by atoms with Crippen molar-refractivity contribution in [1.29, 1.82) is 0 Å². The third-order valence-corrected chi connectivity index (χ3v) is 14.7. The molecule has 0 rings (SSSR count).